The maximum atomic E-state index is 11.2. The highest BCUT2D eigenvalue weighted by atomic mass is 16.5. The van der Waals surface area contributed by atoms with Gasteiger partial charge in [-0.25, -0.2) is 4.79 Å². The van der Waals surface area contributed by atoms with Crippen LogP contribution in [0.2, 0.25) is 0 Å². The van der Waals surface area contributed by atoms with Crippen molar-refractivity contribution in [1.29, 1.82) is 0 Å². The third-order valence-corrected chi connectivity index (χ3v) is 2.10. The average Bonchev–Trinajstić information content (AvgIpc) is 2.35. The van der Waals surface area contributed by atoms with Gasteiger partial charge in [-0.3, -0.25) is 0 Å². The summed E-state index contributed by atoms with van der Waals surface area (Å²) in [5, 5.41) is 12.0. The van der Waals surface area contributed by atoms with E-state index in [0.717, 1.165) is 5.56 Å². The van der Waals surface area contributed by atoms with Crippen LogP contribution >= 0.6 is 0 Å². The smallest absolute Gasteiger partial charge is 0.337 e. The summed E-state index contributed by atoms with van der Waals surface area (Å²) in [6, 6.07) is 6.64. The number of carbonyl (C=O) groups excluding carboxylic acids is 1. The van der Waals surface area contributed by atoms with Crippen LogP contribution in [0, 0.1) is 0 Å². The number of oxime groups is 1. The van der Waals surface area contributed by atoms with Gasteiger partial charge in [0.1, 0.15) is 0 Å². The van der Waals surface area contributed by atoms with E-state index in [2.05, 4.69) is 16.5 Å². The first-order valence-electron chi connectivity index (χ1n) is 4.73. The SMILES string of the molecule is C=CCC(=NO)c1ccc(C(=O)OC)cc1. The highest BCUT2D eigenvalue weighted by Gasteiger charge is 2.06. The highest BCUT2D eigenvalue weighted by Crippen LogP contribution is 2.09. The first-order chi connectivity index (χ1) is 7.72. The Bertz CT molecular complexity index is 407. The third-order valence-electron chi connectivity index (χ3n) is 2.10. The lowest BCUT2D eigenvalue weighted by Crippen LogP contribution is -2.03. The van der Waals surface area contributed by atoms with Gasteiger partial charge in [-0.15, -0.1) is 6.58 Å². The maximum Gasteiger partial charge on any atom is 0.337 e. The van der Waals surface area contributed by atoms with E-state index in [0.29, 0.717) is 17.7 Å². The largest absolute Gasteiger partial charge is 0.465 e. The van der Waals surface area contributed by atoms with E-state index in [9.17, 15) is 4.79 Å². The monoisotopic (exact) mass is 219 g/mol. The number of hydrogen-bond acceptors (Lipinski definition) is 4. The van der Waals surface area contributed by atoms with Crippen LogP contribution in [0.1, 0.15) is 22.3 Å². The van der Waals surface area contributed by atoms with E-state index < -0.39 is 5.97 Å². The second-order valence-corrected chi connectivity index (χ2v) is 3.11. The van der Waals surface area contributed by atoms with Crippen molar-refractivity contribution >= 4 is 11.7 Å². The van der Waals surface area contributed by atoms with Crippen LogP contribution in [0.4, 0.5) is 0 Å². The molecule has 1 aromatic rings. The van der Waals surface area contributed by atoms with Crippen molar-refractivity contribution in [2.45, 2.75) is 6.42 Å². The van der Waals surface area contributed by atoms with Crippen molar-refractivity contribution in [3.05, 3.63) is 48.0 Å². The standard InChI is InChI=1S/C12H13NO3/c1-3-4-11(13-15)9-5-7-10(8-6-9)12(14)16-2/h3,5-8,15H,1,4H2,2H3. The molecule has 0 saturated carbocycles. The molecule has 1 rings (SSSR count). The van der Waals surface area contributed by atoms with E-state index in [-0.39, 0.29) is 0 Å². The predicted octanol–water partition coefficient (Wildman–Crippen LogP) is 2.23. The van der Waals surface area contributed by atoms with E-state index in [1.165, 1.54) is 7.11 Å². The Morgan fingerprint density at radius 3 is 2.44 bits per heavy atom. The van der Waals surface area contributed by atoms with Crippen molar-refractivity contribution in [3.63, 3.8) is 0 Å². The molecule has 0 amide bonds. The molecule has 1 N–H and O–H groups in total. The lowest BCUT2D eigenvalue weighted by atomic mass is 10.1. The fraction of sp³-hybridized carbons (Fsp3) is 0.167. The Kier molecular flexibility index (Phi) is 4.27. The third kappa shape index (κ3) is 2.70. The highest BCUT2D eigenvalue weighted by molar-refractivity contribution is 6.01. The number of carbonyl (C=O) groups is 1. The van der Waals surface area contributed by atoms with E-state index >= 15 is 0 Å². The summed E-state index contributed by atoms with van der Waals surface area (Å²) in [7, 11) is 1.33. The minimum Gasteiger partial charge on any atom is -0.465 e. The number of nitrogens with zero attached hydrogens (tertiary/aromatic N) is 1. The number of esters is 1. The molecule has 4 nitrogen and oxygen atoms in total. The Labute approximate surface area is 93.9 Å². The van der Waals surface area contributed by atoms with E-state index in [1.54, 1.807) is 30.3 Å². The lowest BCUT2D eigenvalue weighted by Gasteiger charge is -2.03. The van der Waals surface area contributed by atoms with E-state index in [4.69, 9.17) is 5.21 Å². The first-order valence-corrected chi connectivity index (χ1v) is 4.73. The minimum absolute atomic E-state index is 0.391. The molecular formula is C12H13NO3. The molecule has 4 heteroatoms. The summed E-state index contributed by atoms with van der Waals surface area (Å²) in [6.45, 7) is 3.57. The minimum atomic E-state index is -0.391. The molecule has 0 bridgehead atoms. The van der Waals surface area contributed by atoms with Gasteiger partial charge in [0.25, 0.3) is 0 Å². The van der Waals surface area contributed by atoms with Crippen LogP contribution in [0.25, 0.3) is 0 Å². The average molecular weight is 219 g/mol. The predicted molar refractivity (Wildman–Crippen MR) is 60.9 cm³/mol. The topological polar surface area (TPSA) is 58.9 Å². The Balaban J connectivity index is 2.93. The molecule has 16 heavy (non-hydrogen) atoms. The van der Waals surface area contributed by atoms with Crippen molar-refractivity contribution in [2.75, 3.05) is 7.11 Å². The maximum absolute atomic E-state index is 11.2. The van der Waals surface area contributed by atoms with Gasteiger partial charge < -0.3 is 9.94 Å². The first kappa shape index (κ1) is 12.0. The molecule has 0 heterocycles. The van der Waals surface area contributed by atoms with Crippen LogP contribution in [-0.4, -0.2) is 24.0 Å². The normalized spacial score (nSPS) is 10.9. The fourth-order valence-electron chi connectivity index (χ4n) is 1.27. The van der Waals surface area contributed by atoms with Crippen molar-refractivity contribution < 1.29 is 14.7 Å². The number of hydrogen-bond donors (Lipinski definition) is 1. The zero-order chi connectivity index (χ0) is 12.0. The van der Waals surface area contributed by atoms with Gasteiger partial charge in [0.15, 0.2) is 0 Å². The summed E-state index contributed by atoms with van der Waals surface area (Å²) < 4.78 is 4.58. The molecule has 0 radical (unpaired) electrons. The number of rotatable bonds is 4. The molecule has 0 spiro atoms. The molecule has 84 valence electrons. The molecule has 1 aromatic carbocycles. The molecule has 0 aliphatic rings. The number of methoxy groups -OCH3 is 1. The zero-order valence-corrected chi connectivity index (χ0v) is 9.01. The van der Waals surface area contributed by atoms with Gasteiger partial charge >= 0.3 is 5.97 Å². The summed E-state index contributed by atoms with van der Waals surface area (Å²) in [4.78, 5) is 11.2. The molecule has 0 aromatic heterocycles. The molecule has 0 atom stereocenters. The molecule has 0 aliphatic heterocycles. The van der Waals surface area contributed by atoms with E-state index in [1.807, 2.05) is 0 Å². The van der Waals surface area contributed by atoms with Gasteiger partial charge in [-0.2, -0.15) is 0 Å². The molecule has 0 unspecified atom stereocenters. The van der Waals surface area contributed by atoms with Gasteiger partial charge in [0.05, 0.1) is 18.4 Å². The van der Waals surface area contributed by atoms with Crippen molar-refractivity contribution in [1.82, 2.24) is 0 Å². The number of allylic oxidation sites excluding steroid dienone is 1. The van der Waals surface area contributed by atoms with Crippen molar-refractivity contribution in [3.8, 4) is 0 Å². The second kappa shape index (κ2) is 5.70. The van der Waals surface area contributed by atoms with Crippen LogP contribution in [0.15, 0.2) is 42.1 Å². The summed E-state index contributed by atoms with van der Waals surface area (Å²) >= 11 is 0. The Morgan fingerprint density at radius 2 is 2.00 bits per heavy atom. The van der Waals surface area contributed by atoms with Crippen LogP contribution in [-0.2, 0) is 4.74 Å². The van der Waals surface area contributed by atoms with Crippen LogP contribution in [0.3, 0.4) is 0 Å². The zero-order valence-electron chi connectivity index (χ0n) is 9.01. The number of ether oxygens (including phenoxy) is 1. The van der Waals surface area contributed by atoms with Crippen LogP contribution < -0.4 is 0 Å². The van der Waals surface area contributed by atoms with Crippen molar-refractivity contribution in [2.24, 2.45) is 5.16 Å². The summed E-state index contributed by atoms with van der Waals surface area (Å²) in [6.07, 6.45) is 2.11. The van der Waals surface area contributed by atoms with Gasteiger partial charge in [0.2, 0.25) is 0 Å². The summed E-state index contributed by atoms with van der Waals surface area (Å²) in [5.74, 6) is -0.391. The van der Waals surface area contributed by atoms with Crippen LogP contribution in [0.5, 0.6) is 0 Å². The Morgan fingerprint density at radius 1 is 1.44 bits per heavy atom. The lowest BCUT2D eigenvalue weighted by molar-refractivity contribution is 0.0601. The summed E-state index contributed by atoms with van der Waals surface area (Å²) in [5.41, 5.74) is 1.71. The van der Waals surface area contributed by atoms with Gasteiger partial charge in [-0.05, 0) is 17.7 Å². The van der Waals surface area contributed by atoms with Gasteiger partial charge in [0, 0.05) is 6.42 Å². The molecular weight excluding hydrogens is 206 g/mol. The second-order valence-electron chi connectivity index (χ2n) is 3.11. The molecule has 0 fully saturated rings. The quantitative estimate of drug-likeness (QED) is 0.278. The fourth-order valence-corrected chi connectivity index (χ4v) is 1.27. The molecule has 0 aliphatic carbocycles. The van der Waals surface area contributed by atoms with Gasteiger partial charge in [-0.1, -0.05) is 23.4 Å². The Hall–Kier alpha value is -2.10. The number of benzene rings is 1. The molecule has 0 saturated heterocycles.